The van der Waals surface area contributed by atoms with E-state index in [0.29, 0.717) is 26.9 Å². The Balaban J connectivity index is 1.90. The maximum absolute atomic E-state index is 12.9. The van der Waals surface area contributed by atoms with Crippen LogP contribution in [-0.2, 0) is 14.3 Å². The summed E-state index contributed by atoms with van der Waals surface area (Å²) in [5, 5.41) is 13.0. The SMILES string of the molecule is CCOC(=O)c1c(NC(=O)C(C#N)=Cc2ccc(-c3cc(Cl)ccc3C(=O)OC(C)C)o2)sc(C)c1C. The van der Waals surface area contributed by atoms with Gasteiger partial charge in [0, 0.05) is 21.5 Å². The van der Waals surface area contributed by atoms with E-state index in [1.807, 2.05) is 13.0 Å². The van der Waals surface area contributed by atoms with E-state index in [1.54, 1.807) is 58.0 Å². The summed E-state index contributed by atoms with van der Waals surface area (Å²) in [5.74, 6) is -1.29. The lowest BCUT2D eigenvalue weighted by atomic mass is 10.1. The molecule has 2 aromatic heterocycles. The minimum Gasteiger partial charge on any atom is -0.462 e. The Kier molecular flexibility index (Phi) is 8.92. The van der Waals surface area contributed by atoms with Crippen molar-refractivity contribution >= 4 is 51.9 Å². The van der Waals surface area contributed by atoms with E-state index in [9.17, 15) is 19.6 Å². The van der Waals surface area contributed by atoms with Crippen molar-refractivity contribution in [3.63, 3.8) is 0 Å². The Bertz CT molecular complexity index is 1430. The van der Waals surface area contributed by atoms with Crippen LogP contribution in [0.25, 0.3) is 17.4 Å². The molecule has 2 heterocycles. The number of anilines is 1. The summed E-state index contributed by atoms with van der Waals surface area (Å²) in [6.45, 7) is 8.95. The maximum atomic E-state index is 12.9. The van der Waals surface area contributed by atoms with Crippen molar-refractivity contribution in [2.45, 2.75) is 40.7 Å². The lowest BCUT2D eigenvalue weighted by Gasteiger charge is -2.11. The number of thiophene rings is 1. The molecule has 0 fully saturated rings. The summed E-state index contributed by atoms with van der Waals surface area (Å²) >= 11 is 7.36. The third kappa shape index (κ3) is 6.47. The Hall–Kier alpha value is -3.87. The van der Waals surface area contributed by atoms with Crippen molar-refractivity contribution < 1.29 is 28.3 Å². The first kappa shape index (κ1) is 27.7. The lowest BCUT2D eigenvalue weighted by Crippen LogP contribution is -2.16. The van der Waals surface area contributed by atoms with Gasteiger partial charge in [0.05, 0.1) is 23.8 Å². The lowest BCUT2D eigenvalue weighted by molar-refractivity contribution is -0.112. The van der Waals surface area contributed by atoms with Crippen LogP contribution >= 0.6 is 22.9 Å². The number of benzene rings is 1. The number of furan rings is 1. The summed E-state index contributed by atoms with van der Waals surface area (Å²) in [5.41, 5.74) is 1.38. The molecule has 0 saturated carbocycles. The second kappa shape index (κ2) is 11.9. The van der Waals surface area contributed by atoms with Crippen LogP contribution < -0.4 is 5.32 Å². The van der Waals surface area contributed by atoms with E-state index in [0.717, 1.165) is 4.88 Å². The average Bonchev–Trinajstić information content (AvgIpc) is 3.40. The molecule has 0 unspecified atom stereocenters. The summed E-state index contributed by atoms with van der Waals surface area (Å²) < 4.78 is 16.2. The van der Waals surface area contributed by atoms with Crippen LogP contribution in [0.2, 0.25) is 5.02 Å². The first-order valence-corrected chi connectivity index (χ1v) is 12.6. The number of nitriles is 1. The van der Waals surface area contributed by atoms with Crippen molar-refractivity contribution in [2.24, 2.45) is 0 Å². The zero-order chi connectivity index (χ0) is 27.3. The highest BCUT2D eigenvalue weighted by Crippen LogP contribution is 2.34. The topological polar surface area (TPSA) is 119 Å². The van der Waals surface area contributed by atoms with Crippen molar-refractivity contribution in [1.29, 1.82) is 5.26 Å². The van der Waals surface area contributed by atoms with E-state index < -0.39 is 17.8 Å². The van der Waals surface area contributed by atoms with Gasteiger partial charge in [0.25, 0.3) is 5.91 Å². The fraction of sp³-hybridized carbons (Fsp3) is 0.259. The largest absolute Gasteiger partial charge is 0.462 e. The van der Waals surface area contributed by atoms with Crippen molar-refractivity contribution in [1.82, 2.24) is 0 Å². The average molecular weight is 541 g/mol. The highest BCUT2D eigenvalue weighted by Gasteiger charge is 2.24. The summed E-state index contributed by atoms with van der Waals surface area (Å²) in [7, 11) is 0. The minimum atomic E-state index is -0.712. The number of amides is 1. The Morgan fingerprint density at radius 3 is 2.57 bits per heavy atom. The van der Waals surface area contributed by atoms with E-state index in [1.165, 1.54) is 17.4 Å². The molecule has 3 aromatic rings. The number of hydrogen-bond acceptors (Lipinski definition) is 8. The molecule has 0 aliphatic rings. The van der Waals surface area contributed by atoms with Crippen molar-refractivity contribution in [2.75, 3.05) is 11.9 Å². The zero-order valence-corrected chi connectivity index (χ0v) is 22.5. The van der Waals surface area contributed by atoms with E-state index in [-0.39, 0.29) is 35.2 Å². The minimum absolute atomic E-state index is 0.189. The van der Waals surface area contributed by atoms with Crippen molar-refractivity contribution in [3.05, 3.63) is 68.3 Å². The van der Waals surface area contributed by atoms with Crippen molar-refractivity contribution in [3.8, 4) is 17.4 Å². The highest BCUT2D eigenvalue weighted by molar-refractivity contribution is 7.16. The van der Waals surface area contributed by atoms with Gasteiger partial charge in [-0.05, 0) is 70.5 Å². The van der Waals surface area contributed by atoms with Crippen LogP contribution in [0.1, 0.15) is 57.7 Å². The summed E-state index contributed by atoms with van der Waals surface area (Å²) in [6.07, 6.45) is 0.954. The van der Waals surface area contributed by atoms with Gasteiger partial charge >= 0.3 is 11.9 Å². The predicted molar refractivity (Wildman–Crippen MR) is 142 cm³/mol. The number of nitrogens with zero attached hydrogens (tertiary/aromatic N) is 1. The monoisotopic (exact) mass is 540 g/mol. The summed E-state index contributed by atoms with van der Waals surface area (Å²) in [4.78, 5) is 38.7. The number of rotatable bonds is 8. The molecule has 192 valence electrons. The number of aryl methyl sites for hydroxylation is 1. The number of carbonyl (C=O) groups is 3. The first-order valence-electron chi connectivity index (χ1n) is 11.4. The molecule has 8 nitrogen and oxygen atoms in total. The molecular weight excluding hydrogens is 516 g/mol. The fourth-order valence-corrected chi connectivity index (χ4v) is 4.59. The van der Waals surface area contributed by atoms with Crippen LogP contribution in [0.3, 0.4) is 0 Å². The van der Waals surface area contributed by atoms with Crippen LogP contribution in [0, 0.1) is 25.2 Å². The second-order valence-corrected chi connectivity index (χ2v) is 9.84. The molecule has 3 rings (SSSR count). The molecule has 0 bridgehead atoms. The normalized spacial score (nSPS) is 11.2. The number of esters is 2. The van der Waals surface area contributed by atoms with E-state index in [4.69, 9.17) is 25.5 Å². The van der Waals surface area contributed by atoms with Gasteiger partial charge in [0.2, 0.25) is 0 Å². The molecule has 0 atom stereocenters. The van der Waals surface area contributed by atoms with Gasteiger partial charge in [0.15, 0.2) is 0 Å². The molecule has 0 aliphatic heterocycles. The van der Waals surface area contributed by atoms with E-state index in [2.05, 4.69) is 5.32 Å². The fourth-order valence-electron chi connectivity index (χ4n) is 3.38. The van der Waals surface area contributed by atoms with Gasteiger partial charge in [-0.2, -0.15) is 5.26 Å². The smallest absolute Gasteiger partial charge is 0.341 e. The van der Waals surface area contributed by atoms with E-state index >= 15 is 0 Å². The van der Waals surface area contributed by atoms with Gasteiger partial charge in [-0.3, -0.25) is 4.79 Å². The van der Waals surface area contributed by atoms with Crippen LogP contribution in [0.15, 0.2) is 40.3 Å². The number of carbonyl (C=O) groups excluding carboxylic acids is 3. The molecule has 0 radical (unpaired) electrons. The van der Waals surface area contributed by atoms with Crippen LogP contribution in [-0.4, -0.2) is 30.6 Å². The Labute approximate surface area is 223 Å². The third-order valence-corrected chi connectivity index (χ3v) is 6.54. The third-order valence-electron chi connectivity index (χ3n) is 5.18. The number of ether oxygens (including phenoxy) is 2. The molecule has 0 saturated heterocycles. The maximum Gasteiger partial charge on any atom is 0.341 e. The predicted octanol–water partition coefficient (Wildman–Crippen LogP) is 6.57. The van der Waals surface area contributed by atoms with Crippen LogP contribution in [0.4, 0.5) is 5.00 Å². The van der Waals surface area contributed by atoms with Crippen LogP contribution in [0.5, 0.6) is 0 Å². The van der Waals surface area contributed by atoms with Gasteiger partial charge in [0.1, 0.15) is 28.2 Å². The molecule has 37 heavy (non-hydrogen) atoms. The van der Waals surface area contributed by atoms with Gasteiger partial charge < -0.3 is 19.2 Å². The van der Waals surface area contributed by atoms with Gasteiger partial charge in [-0.15, -0.1) is 11.3 Å². The molecule has 0 spiro atoms. The Morgan fingerprint density at radius 1 is 1.19 bits per heavy atom. The van der Waals surface area contributed by atoms with Gasteiger partial charge in [-0.1, -0.05) is 11.6 Å². The van der Waals surface area contributed by atoms with Gasteiger partial charge in [-0.25, -0.2) is 9.59 Å². The molecule has 10 heteroatoms. The molecular formula is C27H25ClN2O6S. The molecule has 1 aromatic carbocycles. The quantitative estimate of drug-likeness (QED) is 0.195. The second-order valence-electron chi connectivity index (χ2n) is 8.18. The number of halogens is 1. The standard InChI is InChI=1S/C27H25ClN2O6S/c1-6-34-27(33)23-15(4)16(5)37-25(23)30-24(31)17(13-29)11-19-8-10-22(36-19)21-12-18(28)7-9-20(21)26(32)35-14(2)3/h7-12,14H,6H2,1-5H3,(H,30,31). The highest BCUT2D eigenvalue weighted by atomic mass is 35.5. The molecule has 1 N–H and O–H groups in total. The summed E-state index contributed by atoms with van der Waals surface area (Å²) in [6, 6.07) is 9.70. The Morgan fingerprint density at radius 2 is 1.92 bits per heavy atom. The number of nitrogens with one attached hydrogen (secondary N) is 1. The first-order chi connectivity index (χ1) is 17.5. The molecule has 0 aliphatic carbocycles. The molecule has 1 amide bonds. The number of hydrogen-bond donors (Lipinski definition) is 1. The zero-order valence-electron chi connectivity index (χ0n) is 20.9.